The van der Waals surface area contributed by atoms with Gasteiger partial charge < -0.3 is 15.2 Å². The lowest BCUT2D eigenvalue weighted by atomic mass is 10.1. The molecule has 2 amide bonds. The molecule has 2 aromatic carbocycles. The summed E-state index contributed by atoms with van der Waals surface area (Å²) in [6.07, 6.45) is -0.408. The number of ether oxygens (including phenoxy) is 1. The monoisotopic (exact) mass is 445 g/mol. The number of benzene rings is 2. The van der Waals surface area contributed by atoms with Crippen LogP contribution in [0, 0.1) is 10.1 Å². The van der Waals surface area contributed by atoms with E-state index in [9.17, 15) is 24.5 Å². The van der Waals surface area contributed by atoms with Gasteiger partial charge in [-0.3, -0.25) is 19.8 Å². The zero-order valence-electron chi connectivity index (χ0n) is 16.1. The molecule has 0 spiro atoms. The zero-order valence-corrected chi connectivity index (χ0v) is 17.0. The molecule has 0 aromatic heterocycles. The Labute approximate surface area is 182 Å². The van der Waals surface area contributed by atoms with Crippen LogP contribution in [0.3, 0.4) is 0 Å². The van der Waals surface area contributed by atoms with Gasteiger partial charge in [0.05, 0.1) is 10.5 Å². The lowest BCUT2D eigenvalue weighted by Gasteiger charge is -2.23. The van der Waals surface area contributed by atoms with Crippen molar-refractivity contribution >= 4 is 42.0 Å². The fourth-order valence-corrected chi connectivity index (χ4v) is 3.54. The van der Waals surface area contributed by atoms with Gasteiger partial charge in [-0.1, -0.05) is 6.07 Å². The summed E-state index contributed by atoms with van der Waals surface area (Å²) < 4.78 is 5.27. The molecule has 10 nitrogen and oxygen atoms in total. The summed E-state index contributed by atoms with van der Waals surface area (Å²) in [5.41, 5.74) is 0.811. The largest absolute Gasteiger partial charge is 0.478 e. The summed E-state index contributed by atoms with van der Waals surface area (Å²) in [5.74, 6) is -1.60. The summed E-state index contributed by atoms with van der Waals surface area (Å²) in [6.45, 7) is 0.0923. The van der Waals surface area contributed by atoms with E-state index in [1.54, 1.807) is 6.07 Å². The van der Waals surface area contributed by atoms with Crippen molar-refractivity contribution in [3.05, 3.63) is 69.8 Å². The molecular weight excluding hydrogens is 426 g/mol. The van der Waals surface area contributed by atoms with Gasteiger partial charge in [-0.05, 0) is 42.3 Å². The number of amides is 2. The molecule has 1 saturated heterocycles. The van der Waals surface area contributed by atoms with Crippen LogP contribution in [0.2, 0.25) is 0 Å². The molecular formula is C20H19N3O7S. The second-order valence-electron chi connectivity index (χ2n) is 6.91. The lowest BCUT2D eigenvalue weighted by Crippen LogP contribution is -2.43. The van der Waals surface area contributed by atoms with Crippen molar-refractivity contribution in [3.63, 3.8) is 0 Å². The maximum atomic E-state index is 12.7. The normalized spacial score (nSPS) is 17.8. The predicted octanol–water partition coefficient (Wildman–Crippen LogP) is 2.94. The van der Waals surface area contributed by atoms with Crippen molar-refractivity contribution in [1.29, 1.82) is 0 Å². The topological polar surface area (TPSA) is 139 Å². The zero-order chi connectivity index (χ0) is 22.5. The summed E-state index contributed by atoms with van der Waals surface area (Å²) in [4.78, 5) is 47.8. The van der Waals surface area contributed by atoms with Crippen LogP contribution in [0.15, 0.2) is 48.5 Å². The molecule has 1 heterocycles. The number of nitrogens with zero attached hydrogens (tertiary/aromatic N) is 2. The van der Waals surface area contributed by atoms with Gasteiger partial charge in [-0.15, -0.1) is 0 Å². The number of aromatic carboxylic acids is 1. The third-order valence-corrected chi connectivity index (χ3v) is 5.08. The van der Waals surface area contributed by atoms with Crippen LogP contribution in [-0.2, 0) is 16.1 Å². The molecule has 0 radical (unpaired) electrons. The number of carbonyl (C=O) groups excluding carboxylic acids is 2. The van der Waals surface area contributed by atoms with E-state index in [1.165, 1.54) is 47.4 Å². The lowest BCUT2D eigenvalue weighted by molar-refractivity contribution is -0.384. The minimum Gasteiger partial charge on any atom is -0.478 e. The second kappa shape index (κ2) is 9.47. The van der Waals surface area contributed by atoms with Crippen LogP contribution in [-0.4, -0.2) is 50.7 Å². The Balaban J connectivity index is 1.63. The fraction of sp³-hybridized carbons (Fsp3) is 0.250. The molecule has 2 unspecified atom stereocenters. The van der Waals surface area contributed by atoms with E-state index in [0.717, 1.165) is 0 Å². The third-order valence-electron chi connectivity index (χ3n) is 4.70. The van der Waals surface area contributed by atoms with Crippen LogP contribution in [0.5, 0.6) is 0 Å². The summed E-state index contributed by atoms with van der Waals surface area (Å²) in [7, 11) is 0. The molecule has 0 aliphatic carbocycles. The molecule has 2 atom stereocenters. The van der Waals surface area contributed by atoms with E-state index < -0.39 is 28.9 Å². The van der Waals surface area contributed by atoms with Crippen LogP contribution in [0.4, 0.5) is 16.2 Å². The molecule has 0 saturated carbocycles. The van der Waals surface area contributed by atoms with Crippen molar-refractivity contribution < 1.29 is 29.2 Å². The maximum absolute atomic E-state index is 12.7. The first-order valence-electron chi connectivity index (χ1n) is 9.23. The molecule has 2 aromatic rings. The van der Waals surface area contributed by atoms with Gasteiger partial charge in [0.2, 0.25) is 5.91 Å². The Morgan fingerprint density at radius 2 is 1.94 bits per heavy atom. The highest BCUT2D eigenvalue weighted by Gasteiger charge is 2.39. The molecule has 11 heteroatoms. The first kappa shape index (κ1) is 22.1. The second-order valence-corrected chi connectivity index (χ2v) is 7.64. The van der Waals surface area contributed by atoms with E-state index in [2.05, 4.69) is 17.9 Å². The number of carboxylic acid groups (broad SMARTS) is 1. The van der Waals surface area contributed by atoms with Gasteiger partial charge in [-0.25, -0.2) is 9.59 Å². The number of carbonyl (C=O) groups is 3. The average molecular weight is 445 g/mol. The number of hydrogen-bond acceptors (Lipinski definition) is 7. The van der Waals surface area contributed by atoms with E-state index in [-0.39, 0.29) is 29.7 Å². The number of nitrogens with one attached hydrogen (secondary N) is 1. The first-order chi connectivity index (χ1) is 14.7. The highest BCUT2D eigenvalue weighted by molar-refractivity contribution is 7.81. The molecule has 162 valence electrons. The Morgan fingerprint density at radius 3 is 2.58 bits per heavy atom. The van der Waals surface area contributed by atoms with E-state index in [4.69, 9.17) is 9.84 Å². The molecule has 1 fully saturated rings. The number of non-ortho nitro benzene ring substituents is 1. The summed E-state index contributed by atoms with van der Waals surface area (Å²) >= 11 is 4.37. The first-order valence-corrected chi connectivity index (χ1v) is 9.75. The van der Waals surface area contributed by atoms with Crippen molar-refractivity contribution in [1.82, 2.24) is 4.90 Å². The highest BCUT2D eigenvalue weighted by atomic mass is 32.1. The number of likely N-dealkylation sites (tertiary alicyclic amines) is 1. The van der Waals surface area contributed by atoms with Gasteiger partial charge in [0.25, 0.3) is 5.69 Å². The summed E-state index contributed by atoms with van der Waals surface area (Å²) in [5, 5.41) is 22.2. The summed E-state index contributed by atoms with van der Waals surface area (Å²) in [6, 6.07) is 10.5. The Hall–Kier alpha value is -3.60. The number of thiol groups is 1. The van der Waals surface area contributed by atoms with E-state index in [0.29, 0.717) is 17.7 Å². The Bertz CT molecular complexity index is 1010. The highest BCUT2D eigenvalue weighted by Crippen LogP contribution is 2.25. The SMILES string of the molecule is O=C(O)c1cccc(NC(=O)C2CC(S)CN2C(=O)OCc2ccc([N+](=O)[O-])cc2)c1. The van der Waals surface area contributed by atoms with Gasteiger partial charge in [0, 0.05) is 29.6 Å². The fourth-order valence-electron chi connectivity index (χ4n) is 3.16. The van der Waals surface area contributed by atoms with Gasteiger partial charge in [0.1, 0.15) is 12.6 Å². The number of nitro benzene ring substituents is 1. The van der Waals surface area contributed by atoms with Gasteiger partial charge in [0.15, 0.2) is 0 Å². The third kappa shape index (κ3) is 5.51. The molecule has 3 rings (SSSR count). The molecule has 1 aliphatic rings. The van der Waals surface area contributed by atoms with E-state index >= 15 is 0 Å². The van der Waals surface area contributed by atoms with Gasteiger partial charge in [-0.2, -0.15) is 12.6 Å². The molecule has 0 bridgehead atoms. The van der Waals surface area contributed by atoms with Crippen LogP contribution in [0.1, 0.15) is 22.3 Å². The Morgan fingerprint density at radius 1 is 1.23 bits per heavy atom. The van der Waals surface area contributed by atoms with Crippen molar-refractivity contribution in [2.75, 3.05) is 11.9 Å². The van der Waals surface area contributed by atoms with Crippen molar-refractivity contribution in [3.8, 4) is 0 Å². The standard InChI is InChI=1S/C20H19N3O7S/c24-18(21-14-3-1-2-13(8-14)19(25)26)17-9-16(31)10-22(17)20(27)30-11-12-4-6-15(7-5-12)23(28)29/h1-8,16-17,31H,9-11H2,(H,21,24)(H,25,26). The number of nitro groups is 1. The quantitative estimate of drug-likeness (QED) is 0.353. The Kier molecular flexibility index (Phi) is 6.75. The number of carboxylic acids is 1. The maximum Gasteiger partial charge on any atom is 0.410 e. The van der Waals surface area contributed by atoms with E-state index in [1.807, 2.05) is 0 Å². The average Bonchev–Trinajstić information content (AvgIpc) is 3.14. The molecule has 2 N–H and O–H groups in total. The predicted molar refractivity (Wildman–Crippen MR) is 113 cm³/mol. The van der Waals surface area contributed by atoms with Crippen molar-refractivity contribution in [2.45, 2.75) is 24.3 Å². The molecule has 31 heavy (non-hydrogen) atoms. The van der Waals surface area contributed by atoms with Crippen LogP contribution < -0.4 is 5.32 Å². The van der Waals surface area contributed by atoms with Crippen molar-refractivity contribution in [2.24, 2.45) is 0 Å². The smallest absolute Gasteiger partial charge is 0.410 e. The number of anilines is 1. The van der Waals surface area contributed by atoms with Crippen LogP contribution >= 0.6 is 12.6 Å². The number of rotatable bonds is 6. The van der Waals surface area contributed by atoms with Crippen LogP contribution in [0.25, 0.3) is 0 Å². The van der Waals surface area contributed by atoms with Gasteiger partial charge >= 0.3 is 12.1 Å². The molecule has 1 aliphatic heterocycles. The minimum atomic E-state index is -1.12. The number of hydrogen-bond donors (Lipinski definition) is 3. The minimum absolute atomic E-state index is 0.0238.